The first-order valence-corrected chi connectivity index (χ1v) is 7.62. The lowest BCUT2D eigenvalue weighted by atomic mass is 10.1. The van der Waals surface area contributed by atoms with Crippen molar-refractivity contribution in [2.24, 2.45) is 0 Å². The van der Waals surface area contributed by atoms with Crippen molar-refractivity contribution in [2.75, 3.05) is 5.75 Å². The van der Waals surface area contributed by atoms with E-state index in [-0.39, 0.29) is 17.2 Å². The van der Waals surface area contributed by atoms with E-state index in [0.29, 0.717) is 4.83 Å². The van der Waals surface area contributed by atoms with Gasteiger partial charge in [0.15, 0.2) is 0 Å². The molecule has 2 nitrogen and oxygen atoms in total. The average molecular weight is 294 g/mol. The van der Waals surface area contributed by atoms with Gasteiger partial charge in [0, 0.05) is 10.9 Å². The Hall–Kier alpha value is 0.300. The Balaban J connectivity index is 2.27. The number of hydrogen-bond acceptors (Lipinski definition) is 2. The molecule has 1 aliphatic heterocycles. The predicted molar refractivity (Wildman–Crippen MR) is 70.7 cm³/mol. The molecule has 0 bridgehead atoms. The SMILES string of the molecule is CC(Br)CC(C)NC(=O)C1CCCCS1. The summed E-state index contributed by atoms with van der Waals surface area (Å²) in [6.45, 7) is 4.18. The predicted octanol–water partition coefficient (Wildman–Crippen LogP) is 2.95. The summed E-state index contributed by atoms with van der Waals surface area (Å²) in [6.07, 6.45) is 4.51. The molecular weight excluding hydrogens is 274 g/mol. The monoisotopic (exact) mass is 293 g/mol. The van der Waals surface area contributed by atoms with Crippen LogP contribution in [0.4, 0.5) is 0 Å². The zero-order chi connectivity index (χ0) is 11.3. The van der Waals surface area contributed by atoms with Gasteiger partial charge in [-0.3, -0.25) is 4.79 Å². The molecular formula is C11H20BrNOS. The molecule has 0 aromatic heterocycles. The van der Waals surface area contributed by atoms with Gasteiger partial charge >= 0.3 is 0 Å². The molecule has 0 aromatic carbocycles. The third kappa shape index (κ3) is 5.25. The largest absolute Gasteiger partial charge is 0.353 e. The number of amides is 1. The van der Waals surface area contributed by atoms with Crippen LogP contribution in [-0.2, 0) is 4.79 Å². The van der Waals surface area contributed by atoms with Gasteiger partial charge in [0.05, 0.1) is 5.25 Å². The molecule has 0 saturated carbocycles. The summed E-state index contributed by atoms with van der Waals surface area (Å²) in [5, 5.41) is 3.29. The second-order valence-electron chi connectivity index (χ2n) is 4.28. The van der Waals surface area contributed by atoms with E-state index in [9.17, 15) is 4.79 Å². The smallest absolute Gasteiger partial charge is 0.233 e. The quantitative estimate of drug-likeness (QED) is 0.808. The van der Waals surface area contributed by atoms with Crippen LogP contribution in [0.3, 0.4) is 0 Å². The van der Waals surface area contributed by atoms with Gasteiger partial charge in [-0.2, -0.15) is 0 Å². The average Bonchev–Trinajstić information content (AvgIpc) is 2.17. The summed E-state index contributed by atoms with van der Waals surface area (Å²) < 4.78 is 0. The maximum Gasteiger partial charge on any atom is 0.233 e. The van der Waals surface area contributed by atoms with Gasteiger partial charge in [0.25, 0.3) is 0 Å². The fraction of sp³-hybridized carbons (Fsp3) is 0.909. The second kappa shape index (κ2) is 6.79. The van der Waals surface area contributed by atoms with Crippen LogP contribution in [0.2, 0.25) is 0 Å². The molecule has 0 radical (unpaired) electrons. The fourth-order valence-corrected chi connectivity index (χ4v) is 3.60. The Labute approximate surface area is 105 Å². The number of nitrogens with one attached hydrogen (secondary N) is 1. The zero-order valence-electron chi connectivity index (χ0n) is 9.46. The number of halogens is 1. The van der Waals surface area contributed by atoms with E-state index < -0.39 is 0 Å². The van der Waals surface area contributed by atoms with E-state index in [1.807, 2.05) is 11.8 Å². The molecule has 0 aliphatic carbocycles. The van der Waals surface area contributed by atoms with Crippen molar-refractivity contribution in [3.63, 3.8) is 0 Å². The highest BCUT2D eigenvalue weighted by Gasteiger charge is 2.22. The van der Waals surface area contributed by atoms with Crippen LogP contribution in [0, 0.1) is 0 Å². The third-order valence-corrected chi connectivity index (χ3v) is 4.29. The minimum Gasteiger partial charge on any atom is -0.353 e. The number of carbonyl (C=O) groups is 1. The number of carbonyl (C=O) groups excluding carboxylic acids is 1. The highest BCUT2D eigenvalue weighted by molar-refractivity contribution is 9.09. The molecule has 15 heavy (non-hydrogen) atoms. The highest BCUT2D eigenvalue weighted by atomic mass is 79.9. The van der Waals surface area contributed by atoms with Gasteiger partial charge in [-0.05, 0) is 31.9 Å². The molecule has 1 heterocycles. The Morgan fingerprint density at radius 3 is 2.80 bits per heavy atom. The van der Waals surface area contributed by atoms with Gasteiger partial charge in [0.2, 0.25) is 5.91 Å². The minimum atomic E-state index is 0.201. The lowest BCUT2D eigenvalue weighted by molar-refractivity contribution is -0.121. The van der Waals surface area contributed by atoms with E-state index >= 15 is 0 Å². The molecule has 4 heteroatoms. The normalized spacial score (nSPS) is 25.7. The molecule has 1 aliphatic rings. The van der Waals surface area contributed by atoms with Crippen LogP contribution >= 0.6 is 27.7 Å². The van der Waals surface area contributed by atoms with E-state index in [4.69, 9.17) is 0 Å². The first kappa shape index (κ1) is 13.4. The lowest BCUT2D eigenvalue weighted by Gasteiger charge is -2.23. The summed E-state index contributed by atoms with van der Waals surface area (Å²) in [7, 11) is 0. The molecule has 0 spiro atoms. The van der Waals surface area contributed by atoms with Crippen molar-refractivity contribution < 1.29 is 4.79 Å². The van der Waals surface area contributed by atoms with Crippen LogP contribution < -0.4 is 5.32 Å². The molecule has 1 rings (SSSR count). The van der Waals surface area contributed by atoms with Crippen LogP contribution in [0.25, 0.3) is 0 Å². The Morgan fingerprint density at radius 1 is 1.53 bits per heavy atom. The maximum absolute atomic E-state index is 11.8. The van der Waals surface area contributed by atoms with Crippen LogP contribution in [0.15, 0.2) is 0 Å². The molecule has 3 atom stereocenters. The molecule has 88 valence electrons. The lowest BCUT2D eigenvalue weighted by Crippen LogP contribution is -2.40. The van der Waals surface area contributed by atoms with Crippen molar-refractivity contribution >= 4 is 33.6 Å². The van der Waals surface area contributed by atoms with Crippen molar-refractivity contribution in [3.8, 4) is 0 Å². The molecule has 3 unspecified atom stereocenters. The standard InChI is InChI=1S/C11H20BrNOS/c1-8(12)7-9(2)13-11(14)10-5-3-4-6-15-10/h8-10H,3-7H2,1-2H3,(H,13,14). The first-order chi connectivity index (χ1) is 7.09. The van der Waals surface area contributed by atoms with Gasteiger partial charge < -0.3 is 5.32 Å². The fourth-order valence-electron chi connectivity index (χ4n) is 1.83. The summed E-state index contributed by atoms with van der Waals surface area (Å²) in [5.41, 5.74) is 0. The number of thioether (sulfide) groups is 1. The van der Waals surface area contributed by atoms with Crippen LogP contribution in [-0.4, -0.2) is 27.8 Å². The summed E-state index contributed by atoms with van der Waals surface area (Å²) in [5.74, 6) is 1.38. The number of hydrogen-bond donors (Lipinski definition) is 1. The van der Waals surface area contributed by atoms with Gasteiger partial charge in [-0.25, -0.2) is 0 Å². The maximum atomic E-state index is 11.8. The minimum absolute atomic E-state index is 0.201. The molecule has 1 amide bonds. The third-order valence-electron chi connectivity index (χ3n) is 2.54. The van der Waals surface area contributed by atoms with Crippen molar-refractivity contribution in [2.45, 2.75) is 55.6 Å². The summed E-state index contributed by atoms with van der Waals surface area (Å²) in [6, 6.07) is 0.273. The van der Waals surface area contributed by atoms with Gasteiger partial charge in [-0.15, -0.1) is 11.8 Å². The Bertz CT molecular complexity index is 205. The molecule has 1 fully saturated rings. The van der Waals surface area contributed by atoms with E-state index in [2.05, 4.69) is 35.1 Å². The Kier molecular flexibility index (Phi) is 6.05. The first-order valence-electron chi connectivity index (χ1n) is 5.65. The topological polar surface area (TPSA) is 29.1 Å². The Morgan fingerprint density at radius 2 is 2.27 bits per heavy atom. The van der Waals surface area contributed by atoms with E-state index in [0.717, 1.165) is 18.6 Å². The van der Waals surface area contributed by atoms with Gasteiger partial charge in [0.1, 0.15) is 0 Å². The molecule has 0 aromatic rings. The van der Waals surface area contributed by atoms with Crippen molar-refractivity contribution in [3.05, 3.63) is 0 Å². The summed E-state index contributed by atoms with van der Waals surface area (Å²) >= 11 is 5.31. The summed E-state index contributed by atoms with van der Waals surface area (Å²) in [4.78, 5) is 12.3. The van der Waals surface area contributed by atoms with E-state index in [1.54, 1.807) is 0 Å². The number of alkyl halides is 1. The van der Waals surface area contributed by atoms with Crippen molar-refractivity contribution in [1.82, 2.24) is 5.32 Å². The second-order valence-corrected chi connectivity index (χ2v) is 7.16. The van der Waals surface area contributed by atoms with E-state index in [1.165, 1.54) is 12.8 Å². The van der Waals surface area contributed by atoms with Crippen LogP contribution in [0.5, 0.6) is 0 Å². The van der Waals surface area contributed by atoms with Crippen LogP contribution in [0.1, 0.15) is 39.5 Å². The van der Waals surface area contributed by atoms with Crippen molar-refractivity contribution in [1.29, 1.82) is 0 Å². The highest BCUT2D eigenvalue weighted by Crippen LogP contribution is 2.25. The zero-order valence-corrected chi connectivity index (χ0v) is 11.9. The van der Waals surface area contributed by atoms with Gasteiger partial charge in [-0.1, -0.05) is 29.3 Å². The molecule has 1 saturated heterocycles. The number of rotatable bonds is 4. The molecule has 1 N–H and O–H groups in total.